The molecular weight excluding hydrogens is 266 g/mol. The Morgan fingerprint density at radius 2 is 2.10 bits per heavy atom. The molecular formula is C16H33N3O2. The number of nitrogens with zero attached hydrogens (tertiary/aromatic N) is 2. The van der Waals surface area contributed by atoms with Crippen molar-refractivity contribution in [3.63, 3.8) is 0 Å². The second-order valence-corrected chi connectivity index (χ2v) is 7.43. The van der Waals surface area contributed by atoms with Crippen LogP contribution in [0.3, 0.4) is 0 Å². The molecule has 0 bridgehead atoms. The molecule has 1 saturated heterocycles. The fraction of sp³-hybridized carbons (Fsp3) is 0.938. The lowest BCUT2D eigenvalue weighted by Gasteiger charge is -2.35. The highest BCUT2D eigenvalue weighted by Gasteiger charge is 2.27. The fourth-order valence-electron chi connectivity index (χ4n) is 2.54. The van der Waals surface area contributed by atoms with E-state index in [0.29, 0.717) is 12.1 Å². The van der Waals surface area contributed by atoms with Crippen LogP contribution in [0.2, 0.25) is 0 Å². The highest BCUT2D eigenvalue weighted by Crippen LogP contribution is 2.16. The number of rotatable bonds is 5. The third kappa shape index (κ3) is 7.67. The van der Waals surface area contributed by atoms with Gasteiger partial charge in [-0.25, -0.2) is 4.79 Å². The molecule has 0 radical (unpaired) electrons. The van der Waals surface area contributed by atoms with Crippen LogP contribution in [0.25, 0.3) is 0 Å². The summed E-state index contributed by atoms with van der Waals surface area (Å²) in [6, 6.07) is 0.847. The lowest BCUT2D eigenvalue weighted by atomic mass is 10.0. The predicted octanol–water partition coefficient (Wildman–Crippen LogP) is 2.32. The standard InChI is InChI=1S/C16H33N3O2/c1-13(9-11-18(5)6)17-14-8-7-10-19(12-14)15(20)21-16(2,3)4/h13-14,17H,7-12H2,1-6H3. The number of carbonyl (C=O) groups is 1. The smallest absolute Gasteiger partial charge is 0.410 e. The molecule has 0 aromatic rings. The van der Waals surface area contributed by atoms with Crippen molar-refractivity contribution in [3.8, 4) is 0 Å². The summed E-state index contributed by atoms with van der Waals surface area (Å²) >= 11 is 0. The largest absolute Gasteiger partial charge is 0.444 e. The molecule has 1 heterocycles. The van der Waals surface area contributed by atoms with Gasteiger partial charge in [0.1, 0.15) is 5.60 Å². The van der Waals surface area contributed by atoms with Crippen LogP contribution in [-0.2, 0) is 4.74 Å². The summed E-state index contributed by atoms with van der Waals surface area (Å²) in [5.74, 6) is 0. The van der Waals surface area contributed by atoms with E-state index in [0.717, 1.165) is 38.9 Å². The summed E-state index contributed by atoms with van der Waals surface area (Å²) in [7, 11) is 4.19. The van der Waals surface area contributed by atoms with Gasteiger partial charge in [0.15, 0.2) is 0 Å². The second-order valence-electron chi connectivity index (χ2n) is 7.43. The van der Waals surface area contributed by atoms with E-state index in [4.69, 9.17) is 4.74 Å². The maximum Gasteiger partial charge on any atom is 0.410 e. The molecule has 0 spiro atoms. The van der Waals surface area contributed by atoms with Gasteiger partial charge in [0.05, 0.1) is 0 Å². The molecule has 5 heteroatoms. The fourth-order valence-corrected chi connectivity index (χ4v) is 2.54. The number of likely N-dealkylation sites (tertiary alicyclic amines) is 1. The van der Waals surface area contributed by atoms with Crippen molar-refractivity contribution in [3.05, 3.63) is 0 Å². The molecule has 1 amide bonds. The highest BCUT2D eigenvalue weighted by atomic mass is 16.6. The summed E-state index contributed by atoms with van der Waals surface area (Å²) < 4.78 is 5.46. The zero-order valence-electron chi connectivity index (χ0n) is 14.6. The van der Waals surface area contributed by atoms with Crippen molar-refractivity contribution < 1.29 is 9.53 Å². The Kier molecular flexibility index (Phi) is 6.94. The Morgan fingerprint density at radius 1 is 1.43 bits per heavy atom. The number of amides is 1. The molecule has 1 fully saturated rings. The van der Waals surface area contributed by atoms with Gasteiger partial charge in [0.2, 0.25) is 0 Å². The Hall–Kier alpha value is -0.810. The Balaban J connectivity index is 2.39. The summed E-state index contributed by atoms with van der Waals surface area (Å²) in [4.78, 5) is 16.2. The van der Waals surface area contributed by atoms with Crippen molar-refractivity contribution >= 4 is 6.09 Å². The van der Waals surface area contributed by atoms with Crippen LogP contribution < -0.4 is 5.32 Å². The van der Waals surface area contributed by atoms with Crippen LogP contribution in [0.4, 0.5) is 4.79 Å². The van der Waals surface area contributed by atoms with E-state index < -0.39 is 5.60 Å². The summed E-state index contributed by atoms with van der Waals surface area (Å²) in [6.07, 6.45) is 3.11. The van der Waals surface area contributed by atoms with Gasteiger partial charge in [0.25, 0.3) is 0 Å². The predicted molar refractivity (Wildman–Crippen MR) is 86.6 cm³/mol. The summed E-state index contributed by atoms with van der Waals surface area (Å²) in [5, 5.41) is 3.65. The number of piperidine rings is 1. The van der Waals surface area contributed by atoms with E-state index in [1.165, 1.54) is 0 Å². The van der Waals surface area contributed by atoms with Gasteiger partial charge in [0, 0.05) is 25.2 Å². The molecule has 1 aliphatic rings. The maximum atomic E-state index is 12.1. The maximum absolute atomic E-state index is 12.1. The minimum atomic E-state index is -0.420. The third-order valence-corrected chi connectivity index (χ3v) is 3.60. The first-order valence-corrected chi connectivity index (χ1v) is 8.06. The number of carbonyl (C=O) groups excluding carboxylic acids is 1. The Labute approximate surface area is 130 Å². The first-order valence-electron chi connectivity index (χ1n) is 8.06. The molecule has 1 aliphatic heterocycles. The minimum Gasteiger partial charge on any atom is -0.444 e. The molecule has 2 atom stereocenters. The van der Waals surface area contributed by atoms with Crippen LogP contribution in [0.1, 0.15) is 47.0 Å². The molecule has 5 nitrogen and oxygen atoms in total. The van der Waals surface area contributed by atoms with Gasteiger partial charge in [-0.3, -0.25) is 0 Å². The van der Waals surface area contributed by atoms with E-state index in [1.54, 1.807) is 0 Å². The van der Waals surface area contributed by atoms with Gasteiger partial charge in [-0.15, -0.1) is 0 Å². The monoisotopic (exact) mass is 299 g/mol. The molecule has 0 saturated carbocycles. The van der Waals surface area contributed by atoms with Crippen LogP contribution in [0.5, 0.6) is 0 Å². The van der Waals surface area contributed by atoms with Crippen LogP contribution in [0.15, 0.2) is 0 Å². The Bertz CT molecular complexity index is 326. The summed E-state index contributed by atoms with van der Waals surface area (Å²) in [5.41, 5.74) is -0.420. The van der Waals surface area contributed by atoms with Crippen molar-refractivity contribution in [2.45, 2.75) is 64.6 Å². The van der Waals surface area contributed by atoms with Crippen molar-refractivity contribution in [1.82, 2.24) is 15.1 Å². The van der Waals surface area contributed by atoms with Gasteiger partial charge in [-0.2, -0.15) is 0 Å². The van der Waals surface area contributed by atoms with Crippen LogP contribution in [0, 0.1) is 0 Å². The normalized spacial score (nSPS) is 21.5. The molecule has 1 N–H and O–H groups in total. The van der Waals surface area contributed by atoms with E-state index >= 15 is 0 Å². The van der Waals surface area contributed by atoms with Crippen molar-refractivity contribution in [2.75, 3.05) is 33.7 Å². The quantitative estimate of drug-likeness (QED) is 0.846. The average molecular weight is 299 g/mol. The van der Waals surface area contributed by atoms with Crippen molar-refractivity contribution in [1.29, 1.82) is 0 Å². The van der Waals surface area contributed by atoms with E-state index in [2.05, 4.69) is 31.2 Å². The number of hydrogen-bond donors (Lipinski definition) is 1. The van der Waals surface area contributed by atoms with E-state index in [1.807, 2.05) is 25.7 Å². The SMILES string of the molecule is CC(CCN(C)C)NC1CCCN(C(=O)OC(C)(C)C)C1. The van der Waals surface area contributed by atoms with Gasteiger partial charge >= 0.3 is 6.09 Å². The number of hydrogen-bond acceptors (Lipinski definition) is 4. The van der Waals surface area contributed by atoms with E-state index in [9.17, 15) is 4.79 Å². The van der Waals surface area contributed by atoms with Crippen molar-refractivity contribution in [2.24, 2.45) is 0 Å². The molecule has 0 aliphatic carbocycles. The molecule has 2 unspecified atom stereocenters. The van der Waals surface area contributed by atoms with Gasteiger partial charge in [-0.05, 0) is 67.6 Å². The molecule has 1 rings (SSSR count). The van der Waals surface area contributed by atoms with Gasteiger partial charge in [-0.1, -0.05) is 0 Å². The van der Waals surface area contributed by atoms with E-state index in [-0.39, 0.29) is 6.09 Å². The van der Waals surface area contributed by atoms with Crippen LogP contribution >= 0.6 is 0 Å². The average Bonchev–Trinajstić information content (AvgIpc) is 2.34. The minimum absolute atomic E-state index is 0.185. The zero-order chi connectivity index (χ0) is 16.0. The van der Waals surface area contributed by atoms with Gasteiger partial charge < -0.3 is 19.9 Å². The molecule has 0 aromatic carbocycles. The molecule has 0 aromatic heterocycles. The third-order valence-electron chi connectivity index (χ3n) is 3.60. The highest BCUT2D eigenvalue weighted by molar-refractivity contribution is 5.68. The Morgan fingerprint density at radius 3 is 2.67 bits per heavy atom. The second kappa shape index (κ2) is 7.99. The number of ether oxygens (including phenoxy) is 1. The molecule has 21 heavy (non-hydrogen) atoms. The zero-order valence-corrected chi connectivity index (χ0v) is 14.6. The first-order chi connectivity index (χ1) is 9.67. The summed E-state index contributed by atoms with van der Waals surface area (Å²) in [6.45, 7) is 10.6. The topological polar surface area (TPSA) is 44.8 Å². The number of nitrogens with one attached hydrogen (secondary N) is 1. The van der Waals surface area contributed by atoms with Crippen LogP contribution in [-0.4, -0.2) is 67.3 Å². The lowest BCUT2D eigenvalue weighted by Crippen LogP contribution is -2.51. The first kappa shape index (κ1) is 18.2. The molecule has 124 valence electrons. The lowest BCUT2D eigenvalue weighted by molar-refractivity contribution is 0.0183.